The average Bonchev–Trinajstić information content (AvgIpc) is 3.24. The van der Waals surface area contributed by atoms with Gasteiger partial charge >= 0.3 is 5.97 Å². The zero-order valence-electron chi connectivity index (χ0n) is 14.3. The first-order chi connectivity index (χ1) is 10.7. The second-order valence-electron chi connectivity index (χ2n) is 6.30. The molecule has 3 nitrogen and oxygen atoms in total. The van der Waals surface area contributed by atoms with Crippen LogP contribution < -0.4 is 0 Å². The summed E-state index contributed by atoms with van der Waals surface area (Å²) in [6.45, 7) is 2.17. The van der Waals surface area contributed by atoms with Crippen molar-refractivity contribution >= 4 is 23.5 Å². The Labute approximate surface area is 139 Å². The lowest BCUT2D eigenvalue weighted by Crippen LogP contribution is -2.04. The highest BCUT2D eigenvalue weighted by Gasteiger charge is 2.38. The third-order valence-corrected chi connectivity index (χ3v) is 5.72. The lowest BCUT2D eigenvalue weighted by Gasteiger charge is -2.01. The number of ketones is 1. The molecule has 0 aromatic carbocycles. The molecule has 0 spiro atoms. The Morgan fingerprint density at radius 3 is 2.32 bits per heavy atom. The van der Waals surface area contributed by atoms with Crippen molar-refractivity contribution in [3.8, 4) is 0 Å². The van der Waals surface area contributed by atoms with Gasteiger partial charge < -0.3 is 4.74 Å². The number of esters is 1. The van der Waals surface area contributed by atoms with Crippen LogP contribution in [0.25, 0.3) is 0 Å². The molecule has 128 valence electrons. The van der Waals surface area contributed by atoms with Gasteiger partial charge in [-0.2, -0.15) is 11.8 Å². The maximum atomic E-state index is 11.8. The van der Waals surface area contributed by atoms with Crippen LogP contribution in [0, 0.1) is 0 Å². The van der Waals surface area contributed by atoms with E-state index in [-0.39, 0.29) is 5.97 Å². The summed E-state index contributed by atoms with van der Waals surface area (Å²) >= 11 is 2.00. The molecule has 0 aromatic heterocycles. The van der Waals surface area contributed by atoms with Crippen LogP contribution in [0.5, 0.6) is 0 Å². The third kappa shape index (κ3) is 9.50. The summed E-state index contributed by atoms with van der Waals surface area (Å²) in [7, 11) is 1.45. The molecule has 0 bridgehead atoms. The minimum atomic E-state index is -0.0965. The van der Waals surface area contributed by atoms with Crippen LogP contribution in [0.3, 0.4) is 0 Å². The highest BCUT2D eigenvalue weighted by Crippen LogP contribution is 2.47. The number of carbonyl (C=O) groups is 2. The minimum Gasteiger partial charge on any atom is -0.469 e. The Kier molecular flexibility index (Phi) is 10.6. The smallest absolute Gasteiger partial charge is 0.305 e. The Morgan fingerprint density at radius 2 is 1.59 bits per heavy atom. The topological polar surface area (TPSA) is 43.4 Å². The maximum Gasteiger partial charge on any atom is 0.305 e. The van der Waals surface area contributed by atoms with E-state index in [4.69, 9.17) is 0 Å². The van der Waals surface area contributed by atoms with Gasteiger partial charge in [-0.25, -0.2) is 0 Å². The molecule has 4 heteroatoms. The lowest BCUT2D eigenvalue weighted by molar-refractivity contribution is -0.140. The molecule has 0 aromatic rings. The molecule has 0 radical (unpaired) electrons. The third-order valence-electron chi connectivity index (χ3n) is 4.27. The van der Waals surface area contributed by atoms with Crippen LogP contribution in [-0.4, -0.2) is 29.4 Å². The van der Waals surface area contributed by atoms with Gasteiger partial charge in [0.25, 0.3) is 0 Å². The van der Waals surface area contributed by atoms with E-state index in [1.165, 1.54) is 45.6 Å². The Hall–Kier alpha value is -0.510. The van der Waals surface area contributed by atoms with E-state index in [1.807, 2.05) is 11.8 Å². The van der Waals surface area contributed by atoms with Crippen molar-refractivity contribution in [2.75, 3.05) is 7.11 Å². The normalized spacial score (nSPS) is 19.9. The summed E-state index contributed by atoms with van der Waals surface area (Å²) in [4.78, 5) is 22.7. The molecule has 1 fully saturated rings. The summed E-state index contributed by atoms with van der Waals surface area (Å²) < 4.78 is 4.62. The number of Topliss-reactive ketones (excluding diaryl/α,β-unsaturated/α-hetero) is 1. The standard InChI is InChI=1S/C18H32O3S/c1-3-4-8-11-15(19)14-17-16(22-17)12-9-6-5-7-10-13-18(20)21-2/h16-17H,3-14H2,1-2H3. The Morgan fingerprint density at radius 1 is 0.909 bits per heavy atom. The first-order valence-electron chi connectivity index (χ1n) is 8.91. The second kappa shape index (κ2) is 12.0. The number of carbonyl (C=O) groups excluding carboxylic acids is 2. The molecule has 0 aliphatic carbocycles. The van der Waals surface area contributed by atoms with Gasteiger partial charge in [-0.05, 0) is 19.3 Å². The number of ether oxygens (including phenoxy) is 1. The van der Waals surface area contributed by atoms with Crippen molar-refractivity contribution in [1.29, 1.82) is 0 Å². The number of hydrogen-bond acceptors (Lipinski definition) is 4. The van der Waals surface area contributed by atoms with Crippen LogP contribution in [0.15, 0.2) is 0 Å². The van der Waals surface area contributed by atoms with Crippen molar-refractivity contribution in [2.45, 2.75) is 94.5 Å². The molecule has 1 aliphatic rings. The van der Waals surface area contributed by atoms with Crippen molar-refractivity contribution in [1.82, 2.24) is 0 Å². The van der Waals surface area contributed by atoms with E-state index >= 15 is 0 Å². The zero-order valence-corrected chi connectivity index (χ0v) is 15.1. The predicted molar refractivity (Wildman–Crippen MR) is 93.3 cm³/mol. The van der Waals surface area contributed by atoms with Crippen molar-refractivity contribution in [3.05, 3.63) is 0 Å². The highest BCUT2D eigenvalue weighted by atomic mass is 32.2. The maximum absolute atomic E-state index is 11.8. The fourth-order valence-corrected chi connectivity index (χ4v) is 3.93. The van der Waals surface area contributed by atoms with Gasteiger partial charge in [0.2, 0.25) is 0 Å². The first-order valence-corrected chi connectivity index (χ1v) is 9.85. The summed E-state index contributed by atoms with van der Waals surface area (Å²) in [5, 5.41) is 1.36. The van der Waals surface area contributed by atoms with Crippen molar-refractivity contribution < 1.29 is 14.3 Å². The molecule has 0 N–H and O–H groups in total. The monoisotopic (exact) mass is 328 g/mol. The summed E-state index contributed by atoms with van der Waals surface area (Å²) in [5.41, 5.74) is 0. The van der Waals surface area contributed by atoms with Crippen LogP contribution >= 0.6 is 11.8 Å². The Bertz CT molecular complexity index is 330. The molecule has 1 rings (SSSR count). The predicted octanol–water partition coefficient (Wildman–Crippen LogP) is 4.91. The fourth-order valence-electron chi connectivity index (χ4n) is 2.76. The molecule has 22 heavy (non-hydrogen) atoms. The zero-order chi connectivity index (χ0) is 16.2. The van der Waals surface area contributed by atoms with E-state index in [2.05, 4.69) is 11.7 Å². The molecule has 1 heterocycles. The fraction of sp³-hybridized carbons (Fsp3) is 0.889. The van der Waals surface area contributed by atoms with E-state index < -0.39 is 0 Å². The second-order valence-corrected chi connectivity index (χ2v) is 7.78. The molecule has 0 amide bonds. The van der Waals surface area contributed by atoms with Crippen LogP contribution in [-0.2, 0) is 14.3 Å². The van der Waals surface area contributed by atoms with Gasteiger partial charge in [-0.3, -0.25) is 9.59 Å². The van der Waals surface area contributed by atoms with Crippen LogP contribution in [0.4, 0.5) is 0 Å². The van der Waals surface area contributed by atoms with E-state index in [1.54, 1.807) is 0 Å². The molecule has 0 saturated carbocycles. The number of hydrogen-bond donors (Lipinski definition) is 0. The molecule has 1 saturated heterocycles. The lowest BCUT2D eigenvalue weighted by atomic mass is 10.0. The van der Waals surface area contributed by atoms with Gasteiger partial charge in [0, 0.05) is 29.8 Å². The molecular formula is C18H32O3S. The highest BCUT2D eigenvalue weighted by molar-refractivity contribution is 8.07. The number of methoxy groups -OCH3 is 1. The summed E-state index contributed by atoms with van der Waals surface area (Å²) in [6, 6.07) is 0. The SMILES string of the molecule is CCCCCC(=O)CC1SC1CCCCCCCC(=O)OC. The van der Waals surface area contributed by atoms with Crippen LogP contribution in [0.1, 0.15) is 84.0 Å². The van der Waals surface area contributed by atoms with Gasteiger partial charge in [-0.1, -0.05) is 45.4 Å². The summed E-state index contributed by atoms with van der Waals surface area (Å²) in [5.74, 6) is 0.372. The van der Waals surface area contributed by atoms with Gasteiger partial charge in [0.1, 0.15) is 5.78 Å². The molecule has 2 atom stereocenters. The Balaban J connectivity index is 1.87. The van der Waals surface area contributed by atoms with Gasteiger partial charge in [0.15, 0.2) is 0 Å². The van der Waals surface area contributed by atoms with E-state index in [9.17, 15) is 9.59 Å². The first kappa shape index (κ1) is 19.5. The quantitative estimate of drug-likeness (QED) is 0.258. The van der Waals surface area contributed by atoms with E-state index in [0.717, 1.165) is 37.4 Å². The van der Waals surface area contributed by atoms with Crippen LogP contribution in [0.2, 0.25) is 0 Å². The van der Waals surface area contributed by atoms with Gasteiger partial charge in [0.05, 0.1) is 7.11 Å². The number of thioether (sulfide) groups is 1. The summed E-state index contributed by atoms with van der Waals surface area (Å²) in [6.07, 6.45) is 12.6. The molecule has 2 unspecified atom stereocenters. The van der Waals surface area contributed by atoms with Crippen molar-refractivity contribution in [2.24, 2.45) is 0 Å². The van der Waals surface area contributed by atoms with E-state index in [0.29, 0.717) is 17.5 Å². The molecule has 1 aliphatic heterocycles. The largest absolute Gasteiger partial charge is 0.469 e. The van der Waals surface area contributed by atoms with Gasteiger partial charge in [-0.15, -0.1) is 0 Å². The number of rotatable bonds is 14. The molecular weight excluding hydrogens is 296 g/mol. The number of unbranched alkanes of at least 4 members (excludes halogenated alkanes) is 6. The minimum absolute atomic E-state index is 0.0965. The average molecular weight is 329 g/mol. The van der Waals surface area contributed by atoms with Crippen molar-refractivity contribution in [3.63, 3.8) is 0 Å².